The number of carbonyl (C=O) groups excluding carboxylic acids is 1. The lowest BCUT2D eigenvalue weighted by molar-refractivity contribution is 0.0478. The lowest BCUT2D eigenvalue weighted by Gasteiger charge is -2.38. The predicted molar refractivity (Wildman–Crippen MR) is 97.2 cm³/mol. The molecule has 2 aromatic rings. The zero-order valence-corrected chi connectivity index (χ0v) is 14.9. The van der Waals surface area contributed by atoms with Gasteiger partial charge in [-0.2, -0.15) is 0 Å². The van der Waals surface area contributed by atoms with Crippen molar-refractivity contribution in [1.82, 2.24) is 19.8 Å². The van der Waals surface area contributed by atoms with E-state index < -0.39 is 0 Å². The van der Waals surface area contributed by atoms with Crippen LogP contribution in [0.4, 0.5) is 0 Å². The monoisotopic (exact) mass is 342 g/mol. The number of benzene rings is 1. The summed E-state index contributed by atoms with van der Waals surface area (Å²) >= 11 is 0. The van der Waals surface area contributed by atoms with E-state index in [1.807, 2.05) is 43.3 Å². The average molecular weight is 342 g/mol. The van der Waals surface area contributed by atoms with E-state index in [-0.39, 0.29) is 18.4 Å². The van der Waals surface area contributed by atoms with Crippen molar-refractivity contribution in [2.45, 2.75) is 6.42 Å². The molecule has 0 saturated carbocycles. The molecule has 1 aliphatic rings. The van der Waals surface area contributed by atoms with Crippen LogP contribution >= 0.6 is 0 Å². The molecule has 1 fully saturated rings. The van der Waals surface area contributed by atoms with Gasteiger partial charge in [0.2, 0.25) is 0 Å². The number of nitrogens with zero attached hydrogens (tertiary/aromatic N) is 3. The summed E-state index contributed by atoms with van der Waals surface area (Å²) in [4.78, 5) is 24.6. The second-order valence-corrected chi connectivity index (χ2v) is 7.11. The highest BCUT2D eigenvalue weighted by Gasteiger charge is 2.31. The maximum Gasteiger partial charge on any atom is 0.254 e. The van der Waals surface area contributed by atoms with E-state index in [1.165, 1.54) is 0 Å². The fourth-order valence-electron chi connectivity index (χ4n) is 3.72. The van der Waals surface area contributed by atoms with E-state index in [0.717, 1.165) is 25.1 Å². The number of piperidine rings is 1. The molecule has 6 nitrogen and oxygen atoms in total. The third-order valence-corrected chi connectivity index (χ3v) is 4.70. The number of aromatic nitrogens is 2. The molecule has 2 N–H and O–H groups in total. The maximum absolute atomic E-state index is 13.2. The fourth-order valence-corrected chi connectivity index (χ4v) is 3.72. The molecule has 1 amide bonds. The Kier molecular flexibility index (Phi) is 5.50. The third-order valence-electron chi connectivity index (χ3n) is 4.70. The smallest absolute Gasteiger partial charge is 0.254 e. The summed E-state index contributed by atoms with van der Waals surface area (Å²) in [6.07, 6.45) is 4.40. The lowest BCUT2D eigenvalue weighted by atomic mass is 9.88. The van der Waals surface area contributed by atoms with Gasteiger partial charge in [-0.25, -0.2) is 4.98 Å². The molecular weight excluding hydrogens is 316 g/mol. The van der Waals surface area contributed by atoms with Gasteiger partial charge >= 0.3 is 0 Å². The highest BCUT2D eigenvalue weighted by molar-refractivity contribution is 6.00. The Hall–Kier alpha value is -2.18. The van der Waals surface area contributed by atoms with Gasteiger partial charge < -0.3 is 19.9 Å². The molecule has 2 atom stereocenters. The van der Waals surface area contributed by atoms with Crippen molar-refractivity contribution in [3.8, 4) is 11.4 Å². The van der Waals surface area contributed by atoms with Crippen molar-refractivity contribution in [3.05, 3.63) is 42.2 Å². The SMILES string of the molecule is CN(C)C[C@H]1C[C@@H](CO)CN(C(=O)c2ccccc2-c2ncc[nH]2)C1. The first-order valence-electron chi connectivity index (χ1n) is 8.72. The first-order valence-corrected chi connectivity index (χ1v) is 8.72. The summed E-state index contributed by atoms with van der Waals surface area (Å²) in [5.41, 5.74) is 1.47. The van der Waals surface area contributed by atoms with E-state index in [2.05, 4.69) is 14.9 Å². The molecule has 0 aliphatic carbocycles. The molecule has 0 spiro atoms. The van der Waals surface area contributed by atoms with Crippen molar-refractivity contribution < 1.29 is 9.90 Å². The summed E-state index contributed by atoms with van der Waals surface area (Å²) in [7, 11) is 4.09. The van der Waals surface area contributed by atoms with Crippen molar-refractivity contribution >= 4 is 5.91 Å². The number of likely N-dealkylation sites (tertiary alicyclic amines) is 1. The van der Waals surface area contributed by atoms with Crippen LogP contribution in [0, 0.1) is 11.8 Å². The fraction of sp³-hybridized carbons (Fsp3) is 0.474. The van der Waals surface area contributed by atoms with Crippen LogP contribution in [-0.2, 0) is 0 Å². The lowest BCUT2D eigenvalue weighted by Crippen LogP contribution is -2.47. The van der Waals surface area contributed by atoms with Crippen LogP contribution in [0.15, 0.2) is 36.7 Å². The van der Waals surface area contributed by atoms with E-state index >= 15 is 0 Å². The molecule has 6 heteroatoms. The van der Waals surface area contributed by atoms with Crippen LogP contribution < -0.4 is 0 Å². The Morgan fingerprint density at radius 2 is 2.08 bits per heavy atom. The minimum Gasteiger partial charge on any atom is -0.396 e. The standard InChI is InChI=1S/C19H26N4O2/c1-22(2)10-14-9-15(13-24)12-23(11-14)19(25)17-6-4-3-5-16(17)18-20-7-8-21-18/h3-8,14-15,24H,9-13H2,1-2H3,(H,20,21)/t14-,15-/m1/s1. The van der Waals surface area contributed by atoms with Gasteiger partial charge in [-0.3, -0.25) is 4.79 Å². The molecule has 0 radical (unpaired) electrons. The minimum absolute atomic E-state index is 0.00825. The normalized spacial score (nSPS) is 20.9. The second kappa shape index (κ2) is 7.80. The molecule has 2 heterocycles. The molecule has 1 saturated heterocycles. The van der Waals surface area contributed by atoms with E-state index in [9.17, 15) is 9.90 Å². The van der Waals surface area contributed by atoms with Crippen LogP contribution in [0.25, 0.3) is 11.4 Å². The number of imidazole rings is 1. The number of carbonyl (C=O) groups is 1. The number of amides is 1. The van der Waals surface area contributed by atoms with Gasteiger partial charge in [0.15, 0.2) is 0 Å². The number of aromatic amines is 1. The topological polar surface area (TPSA) is 72.5 Å². The number of rotatable bonds is 5. The molecule has 0 bridgehead atoms. The van der Waals surface area contributed by atoms with Crippen molar-refractivity contribution in [2.24, 2.45) is 11.8 Å². The van der Waals surface area contributed by atoms with E-state index in [4.69, 9.17) is 0 Å². The van der Waals surface area contributed by atoms with Gasteiger partial charge in [0, 0.05) is 44.2 Å². The number of hydrogen-bond acceptors (Lipinski definition) is 4. The highest BCUT2D eigenvalue weighted by Crippen LogP contribution is 2.27. The highest BCUT2D eigenvalue weighted by atomic mass is 16.3. The van der Waals surface area contributed by atoms with Crippen LogP contribution in [-0.4, -0.2) is 71.1 Å². The first-order chi connectivity index (χ1) is 12.1. The number of H-pyrrole nitrogens is 1. The molecule has 1 aliphatic heterocycles. The Bertz CT molecular complexity index is 699. The van der Waals surface area contributed by atoms with Crippen LogP contribution in [0.3, 0.4) is 0 Å². The maximum atomic E-state index is 13.2. The van der Waals surface area contributed by atoms with E-state index in [0.29, 0.717) is 23.9 Å². The van der Waals surface area contributed by atoms with Gasteiger partial charge in [-0.1, -0.05) is 18.2 Å². The second-order valence-electron chi connectivity index (χ2n) is 7.11. The summed E-state index contributed by atoms with van der Waals surface area (Å²) < 4.78 is 0. The van der Waals surface area contributed by atoms with Crippen molar-refractivity contribution in [3.63, 3.8) is 0 Å². The minimum atomic E-state index is 0.00825. The summed E-state index contributed by atoms with van der Waals surface area (Å²) in [6.45, 7) is 2.36. The largest absolute Gasteiger partial charge is 0.396 e. The molecule has 3 rings (SSSR count). The number of nitrogens with one attached hydrogen (secondary N) is 1. The van der Waals surface area contributed by atoms with Gasteiger partial charge in [-0.05, 0) is 38.4 Å². The Labute approximate surface area is 148 Å². The number of aliphatic hydroxyl groups excluding tert-OH is 1. The number of aliphatic hydroxyl groups is 1. The third kappa shape index (κ3) is 4.08. The van der Waals surface area contributed by atoms with E-state index in [1.54, 1.807) is 12.4 Å². The van der Waals surface area contributed by atoms with Gasteiger partial charge in [0.1, 0.15) is 5.82 Å². The van der Waals surface area contributed by atoms with Crippen molar-refractivity contribution in [1.29, 1.82) is 0 Å². The van der Waals surface area contributed by atoms with Gasteiger partial charge in [0.25, 0.3) is 5.91 Å². The molecule has 134 valence electrons. The summed E-state index contributed by atoms with van der Waals surface area (Å²) in [5, 5.41) is 9.65. The molecular formula is C19H26N4O2. The van der Waals surface area contributed by atoms with Crippen LogP contribution in [0.5, 0.6) is 0 Å². The Balaban J connectivity index is 1.85. The molecule has 25 heavy (non-hydrogen) atoms. The Morgan fingerprint density at radius 1 is 1.32 bits per heavy atom. The molecule has 0 unspecified atom stereocenters. The van der Waals surface area contributed by atoms with Gasteiger partial charge in [-0.15, -0.1) is 0 Å². The number of hydrogen-bond donors (Lipinski definition) is 2. The van der Waals surface area contributed by atoms with Crippen molar-refractivity contribution in [2.75, 3.05) is 40.3 Å². The average Bonchev–Trinajstić information content (AvgIpc) is 3.14. The summed E-state index contributed by atoms with van der Waals surface area (Å²) in [5.74, 6) is 1.22. The molecule has 1 aromatic heterocycles. The predicted octanol–water partition coefficient (Wildman–Crippen LogP) is 1.71. The van der Waals surface area contributed by atoms with Crippen LogP contribution in [0.1, 0.15) is 16.8 Å². The Morgan fingerprint density at radius 3 is 2.76 bits per heavy atom. The molecule has 1 aromatic carbocycles. The summed E-state index contributed by atoms with van der Waals surface area (Å²) in [6, 6.07) is 7.56. The van der Waals surface area contributed by atoms with Crippen LogP contribution in [0.2, 0.25) is 0 Å². The quantitative estimate of drug-likeness (QED) is 0.868. The zero-order valence-electron chi connectivity index (χ0n) is 14.9. The van der Waals surface area contributed by atoms with Gasteiger partial charge in [0.05, 0.1) is 5.56 Å². The zero-order chi connectivity index (χ0) is 17.8. The first kappa shape index (κ1) is 17.6.